The molecule has 1 heterocycles. The SMILES string of the molecule is N#Cc1ccccc1C1=CC2CNCC2C1. The highest BCUT2D eigenvalue weighted by molar-refractivity contribution is 5.72. The van der Waals surface area contributed by atoms with Gasteiger partial charge >= 0.3 is 0 Å². The maximum atomic E-state index is 9.09. The molecule has 1 aromatic carbocycles. The Balaban J connectivity index is 1.97. The van der Waals surface area contributed by atoms with Crippen LogP contribution in [0.1, 0.15) is 17.5 Å². The van der Waals surface area contributed by atoms with Crippen LogP contribution in [0, 0.1) is 23.2 Å². The zero-order chi connectivity index (χ0) is 11.0. The van der Waals surface area contributed by atoms with Gasteiger partial charge in [-0.05, 0) is 42.0 Å². The third-order valence-electron chi connectivity index (χ3n) is 3.68. The van der Waals surface area contributed by atoms with Crippen molar-refractivity contribution in [3.63, 3.8) is 0 Å². The predicted octanol–water partition coefficient (Wildman–Crippen LogP) is 2.18. The maximum Gasteiger partial charge on any atom is 0.0998 e. The van der Waals surface area contributed by atoms with Crippen LogP contribution in [0.15, 0.2) is 30.3 Å². The monoisotopic (exact) mass is 210 g/mol. The van der Waals surface area contributed by atoms with E-state index in [9.17, 15) is 0 Å². The van der Waals surface area contributed by atoms with Gasteiger partial charge in [-0.3, -0.25) is 0 Å². The Bertz CT molecular complexity index is 482. The van der Waals surface area contributed by atoms with E-state index in [1.165, 1.54) is 5.57 Å². The van der Waals surface area contributed by atoms with Crippen LogP contribution in [-0.4, -0.2) is 13.1 Å². The van der Waals surface area contributed by atoms with E-state index in [2.05, 4.69) is 23.5 Å². The Labute approximate surface area is 95.6 Å². The van der Waals surface area contributed by atoms with Gasteiger partial charge in [-0.15, -0.1) is 0 Å². The van der Waals surface area contributed by atoms with Crippen LogP contribution in [0.3, 0.4) is 0 Å². The third kappa shape index (κ3) is 1.45. The first-order valence-corrected chi connectivity index (χ1v) is 5.79. The summed E-state index contributed by atoms with van der Waals surface area (Å²) in [6, 6.07) is 10.2. The molecule has 1 aromatic rings. The fourth-order valence-electron chi connectivity index (χ4n) is 2.84. The van der Waals surface area contributed by atoms with Gasteiger partial charge in [0.25, 0.3) is 0 Å². The molecule has 2 nitrogen and oxygen atoms in total. The van der Waals surface area contributed by atoms with Gasteiger partial charge in [0.15, 0.2) is 0 Å². The fraction of sp³-hybridized carbons (Fsp3) is 0.357. The first kappa shape index (κ1) is 9.62. The predicted molar refractivity (Wildman–Crippen MR) is 63.6 cm³/mol. The molecule has 1 N–H and O–H groups in total. The minimum Gasteiger partial charge on any atom is -0.316 e. The van der Waals surface area contributed by atoms with Crippen molar-refractivity contribution in [2.75, 3.05) is 13.1 Å². The maximum absolute atomic E-state index is 9.09. The molecule has 2 aliphatic rings. The summed E-state index contributed by atoms with van der Waals surface area (Å²) < 4.78 is 0. The van der Waals surface area contributed by atoms with Gasteiger partial charge in [-0.25, -0.2) is 0 Å². The molecule has 80 valence electrons. The molecule has 1 aliphatic heterocycles. The van der Waals surface area contributed by atoms with Gasteiger partial charge in [0.05, 0.1) is 11.6 Å². The average Bonchev–Trinajstić information content (AvgIpc) is 2.89. The number of nitriles is 1. The van der Waals surface area contributed by atoms with E-state index in [1.807, 2.05) is 18.2 Å². The molecule has 1 saturated heterocycles. The molecule has 2 unspecified atom stereocenters. The van der Waals surface area contributed by atoms with Gasteiger partial charge < -0.3 is 5.32 Å². The van der Waals surface area contributed by atoms with Crippen LogP contribution in [0.2, 0.25) is 0 Å². The van der Waals surface area contributed by atoms with Crippen molar-refractivity contribution in [2.24, 2.45) is 11.8 Å². The lowest BCUT2D eigenvalue weighted by Crippen LogP contribution is -2.09. The van der Waals surface area contributed by atoms with E-state index in [1.54, 1.807) is 0 Å². The smallest absolute Gasteiger partial charge is 0.0998 e. The standard InChI is InChI=1S/C14H14N2/c15-7-10-3-1-2-4-14(10)11-5-12-8-16-9-13(12)6-11/h1-5,12-13,16H,6,8-9H2. The molecule has 0 radical (unpaired) electrons. The number of fused-ring (bicyclic) bond motifs is 1. The molecule has 1 aliphatic carbocycles. The largest absolute Gasteiger partial charge is 0.316 e. The fourth-order valence-corrected chi connectivity index (χ4v) is 2.84. The second-order valence-corrected chi connectivity index (χ2v) is 4.64. The summed E-state index contributed by atoms with van der Waals surface area (Å²) in [4.78, 5) is 0. The second kappa shape index (κ2) is 3.77. The molecule has 2 atom stereocenters. The molecule has 0 amide bonds. The van der Waals surface area contributed by atoms with Crippen LogP contribution < -0.4 is 5.32 Å². The quantitative estimate of drug-likeness (QED) is 0.771. The topological polar surface area (TPSA) is 35.8 Å². The van der Waals surface area contributed by atoms with E-state index in [0.717, 1.165) is 36.6 Å². The molecule has 16 heavy (non-hydrogen) atoms. The van der Waals surface area contributed by atoms with E-state index < -0.39 is 0 Å². The number of nitrogens with zero attached hydrogens (tertiary/aromatic N) is 1. The number of nitrogens with one attached hydrogen (secondary N) is 1. The van der Waals surface area contributed by atoms with Crippen LogP contribution >= 0.6 is 0 Å². The highest BCUT2D eigenvalue weighted by Gasteiger charge is 2.32. The zero-order valence-electron chi connectivity index (χ0n) is 9.11. The summed E-state index contributed by atoms with van der Waals surface area (Å²) in [6.07, 6.45) is 3.48. The second-order valence-electron chi connectivity index (χ2n) is 4.64. The zero-order valence-corrected chi connectivity index (χ0v) is 9.11. The Hall–Kier alpha value is -1.59. The molecule has 2 heteroatoms. The van der Waals surface area contributed by atoms with Gasteiger partial charge in [-0.2, -0.15) is 5.26 Å². The van der Waals surface area contributed by atoms with Crippen molar-refractivity contribution < 1.29 is 0 Å². The van der Waals surface area contributed by atoms with E-state index >= 15 is 0 Å². The summed E-state index contributed by atoms with van der Waals surface area (Å²) >= 11 is 0. The van der Waals surface area contributed by atoms with Crippen molar-refractivity contribution in [2.45, 2.75) is 6.42 Å². The number of allylic oxidation sites excluding steroid dienone is 1. The molecule has 0 aromatic heterocycles. The molecule has 0 bridgehead atoms. The lowest BCUT2D eigenvalue weighted by molar-refractivity contribution is 0.536. The van der Waals surface area contributed by atoms with Crippen LogP contribution in [0.25, 0.3) is 5.57 Å². The Morgan fingerprint density at radius 3 is 2.94 bits per heavy atom. The van der Waals surface area contributed by atoms with Crippen LogP contribution in [0.5, 0.6) is 0 Å². The number of benzene rings is 1. The van der Waals surface area contributed by atoms with E-state index in [-0.39, 0.29) is 0 Å². The summed E-state index contributed by atoms with van der Waals surface area (Å²) in [5.74, 6) is 1.43. The van der Waals surface area contributed by atoms with Crippen LogP contribution in [-0.2, 0) is 0 Å². The van der Waals surface area contributed by atoms with Crippen molar-refractivity contribution in [1.82, 2.24) is 5.32 Å². The van der Waals surface area contributed by atoms with Gasteiger partial charge in [0.1, 0.15) is 0 Å². The first-order chi connectivity index (χ1) is 7.88. The molecule has 0 saturated carbocycles. The highest BCUT2D eigenvalue weighted by Crippen LogP contribution is 2.38. The van der Waals surface area contributed by atoms with Crippen molar-refractivity contribution in [1.29, 1.82) is 5.26 Å². The van der Waals surface area contributed by atoms with Gasteiger partial charge in [0, 0.05) is 6.54 Å². The summed E-state index contributed by atoms with van der Waals surface area (Å²) in [7, 11) is 0. The summed E-state index contributed by atoms with van der Waals surface area (Å²) in [5, 5.41) is 12.5. The Morgan fingerprint density at radius 2 is 2.12 bits per heavy atom. The van der Waals surface area contributed by atoms with E-state index in [0.29, 0.717) is 5.92 Å². The highest BCUT2D eigenvalue weighted by atomic mass is 14.9. The molecule has 1 fully saturated rings. The number of rotatable bonds is 1. The lowest BCUT2D eigenvalue weighted by Gasteiger charge is -2.07. The Morgan fingerprint density at radius 1 is 1.25 bits per heavy atom. The first-order valence-electron chi connectivity index (χ1n) is 5.79. The van der Waals surface area contributed by atoms with Gasteiger partial charge in [0.2, 0.25) is 0 Å². The average molecular weight is 210 g/mol. The van der Waals surface area contributed by atoms with Crippen molar-refractivity contribution in [3.05, 3.63) is 41.5 Å². The van der Waals surface area contributed by atoms with Crippen LogP contribution in [0.4, 0.5) is 0 Å². The minimum atomic E-state index is 0.682. The number of hydrogen-bond donors (Lipinski definition) is 1. The molecule has 0 spiro atoms. The molecular weight excluding hydrogens is 196 g/mol. The number of hydrogen-bond acceptors (Lipinski definition) is 2. The summed E-state index contributed by atoms with van der Waals surface area (Å²) in [5.41, 5.74) is 3.31. The third-order valence-corrected chi connectivity index (χ3v) is 3.68. The molecule has 3 rings (SSSR count). The summed E-state index contributed by atoms with van der Waals surface area (Å²) in [6.45, 7) is 2.22. The Kier molecular flexibility index (Phi) is 2.27. The lowest BCUT2D eigenvalue weighted by atomic mass is 9.96. The van der Waals surface area contributed by atoms with Crippen molar-refractivity contribution in [3.8, 4) is 6.07 Å². The minimum absolute atomic E-state index is 0.682. The normalized spacial score (nSPS) is 27.3. The van der Waals surface area contributed by atoms with Crippen molar-refractivity contribution >= 4 is 5.57 Å². The van der Waals surface area contributed by atoms with Gasteiger partial charge in [-0.1, -0.05) is 24.3 Å². The molecular formula is C14H14N2. The van der Waals surface area contributed by atoms with E-state index in [4.69, 9.17) is 5.26 Å².